The number of hydrogen-bond acceptors (Lipinski definition) is 4. The van der Waals surface area contributed by atoms with Crippen molar-refractivity contribution in [3.8, 4) is 6.07 Å². The van der Waals surface area contributed by atoms with Crippen LogP contribution in [0.15, 0.2) is 30.3 Å². The second-order valence-corrected chi connectivity index (χ2v) is 4.15. The average Bonchev–Trinajstić information content (AvgIpc) is 2.45. The molecule has 0 saturated heterocycles. The predicted molar refractivity (Wildman–Crippen MR) is 70.7 cm³/mol. The fourth-order valence-electron chi connectivity index (χ4n) is 1.55. The molecule has 0 bridgehead atoms. The number of alkyl carbamates (subject to hydrolysis) is 1. The standard InChI is InChI=1S/C14H16N2O4/c15-9-5-4-8-12(13(17)18)16-14(19)20-10-11-6-2-1-3-7-11/h1-3,6-7,12H,4-5,8,10H2,(H,16,19)(H,17,18)/t12-/m0/s1. The molecule has 0 aromatic heterocycles. The highest BCUT2D eigenvalue weighted by molar-refractivity contribution is 5.79. The molecule has 1 aromatic rings. The van der Waals surface area contributed by atoms with Gasteiger partial charge in [-0.25, -0.2) is 9.59 Å². The van der Waals surface area contributed by atoms with E-state index in [1.807, 2.05) is 24.3 Å². The number of carboxylic acids is 1. The van der Waals surface area contributed by atoms with E-state index in [0.29, 0.717) is 6.42 Å². The molecule has 1 atom stereocenters. The van der Waals surface area contributed by atoms with E-state index in [2.05, 4.69) is 5.32 Å². The summed E-state index contributed by atoms with van der Waals surface area (Å²) in [4.78, 5) is 22.5. The van der Waals surface area contributed by atoms with Gasteiger partial charge in [0.05, 0.1) is 6.07 Å². The molecule has 0 saturated carbocycles. The number of unbranched alkanes of at least 4 members (excludes halogenated alkanes) is 1. The van der Waals surface area contributed by atoms with Crippen LogP contribution in [0, 0.1) is 11.3 Å². The normalized spacial score (nSPS) is 11.2. The minimum Gasteiger partial charge on any atom is -0.480 e. The zero-order chi connectivity index (χ0) is 14.8. The van der Waals surface area contributed by atoms with Crippen molar-refractivity contribution in [3.63, 3.8) is 0 Å². The highest BCUT2D eigenvalue weighted by Crippen LogP contribution is 2.03. The van der Waals surface area contributed by atoms with E-state index in [1.54, 1.807) is 12.1 Å². The van der Waals surface area contributed by atoms with Gasteiger partial charge in [0.1, 0.15) is 12.6 Å². The van der Waals surface area contributed by atoms with Crippen LogP contribution in [-0.2, 0) is 16.1 Å². The number of aliphatic carboxylic acids is 1. The zero-order valence-electron chi connectivity index (χ0n) is 10.9. The van der Waals surface area contributed by atoms with E-state index < -0.39 is 18.1 Å². The summed E-state index contributed by atoms with van der Waals surface area (Å²) in [5.41, 5.74) is 0.819. The summed E-state index contributed by atoms with van der Waals surface area (Å²) in [7, 11) is 0. The van der Waals surface area contributed by atoms with Crippen molar-refractivity contribution in [1.82, 2.24) is 5.32 Å². The predicted octanol–water partition coefficient (Wildman–Crippen LogP) is 2.06. The topological polar surface area (TPSA) is 99.4 Å². The largest absolute Gasteiger partial charge is 0.480 e. The number of ether oxygens (including phenoxy) is 1. The summed E-state index contributed by atoms with van der Waals surface area (Å²) < 4.78 is 4.94. The molecular formula is C14H16N2O4. The monoisotopic (exact) mass is 276 g/mol. The summed E-state index contributed by atoms with van der Waals surface area (Å²) in [5, 5.41) is 19.6. The lowest BCUT2D eigenvalue weighted by Gasteiger charge is -2.13. The van der Waals surface area contributed by atoms with Gasteiger partial charge in [0.2, 0.25) is 0 Å². The van der Waals surface area contributed by atoms with E-state index in [9.17, 15) is 9.59 Å². The summed E-state index contributed by atoms with van der Waals surface area (Å²) in [6, 6.07) is 9.97. The first-order valence-corrected chi connectivity index (χ1v) is 6.20. The van der Waals surface area contributed by atoms with Gasteiger partial charge in [-0.2, -0.15) is 5.26 Å². The number of carbonyl (C=O) groups excluding carboxylic acids is 1. The molecule has 106 valence electrons. The van der Waals surface area contributed by atoms with E-state index in [0.717, 1.165) is 5.56 Å². The molecule has 1 amide bonds. The molecule has 0 aliphatic carbocycles. The quantitative estimate of drug-likeness (QED) is 0.742. The molecule has 0 aliphatic rings. The number of nitrogens with zero attached hydrogens (tertiary/aromatic N) is 1. The molecule has 0 aliphatic heterocycles. The van der Waals surface area contributed by atoms with Gasteiger partial charge in [-0.1, -0.05) is 30.3 Å². The third-order valence-electron chi connectivity index (χ3n) is 2.58. The molecule has 0 unspecified atom stereocenters. The highest BCUT2D eigenvalue weighted by atomic mass is 16.5. The third-order valence-corrected chi connectivity index (χ3v) is 2.58. The highest BCUT2D eigenvalue weighted by Gasteiger charge is 2.20. The Balaban J connectivity index is 2.38. The van der Waals surface area contributed by atoms with Crippen LogP contribution in [0.3, 0.4) is 0 Å². The fourth-order valence-corrected chi connectivity index (χ4v) is 1.55. The molecular weight excluding hydrogens is 260 g/mol. The lowest BCUT2D eigenvalue weighted by atomic mass is 10.1. The van der Waals surface area contributed by atoms with Gasteiger partial charge >= 0.3 is 12.1 Å². The minimum absolute atomic E-state index is 0.0806. The van der Waals surface area contributed by atoms with Crippen LogP contribution in [0.1, 0.15) is 24.8 Å². The van der Waals surface area contributed by atoms with Crippen LogP contribution >= 0.6 is 0 Å². The Morgan fingerprint density at radius 2 is 2.05 bits per heavy atom. The van der Waals surface area contributed by atoms with Crippen LogP contribution in [0.2, 0.25) is 0 Å². The van der Waals surface area contributed by atoms with Crippen LogP contribution in [0.5, 0.6) is 0 Å². The first-order chi connectivity index (χ1) is 9.63. The first-order valence-electron chi connectivity index (χ1n) is 6.20. The average molecular weight is 276 g/mol. The number of nitriles is 1. The second-order valence-electron chi connectivity index (χ2n) is 4.15. The fraction of sp³-hybridized carbons (Fsp3) is 0.357. The number of carbonyl (C=O) groups is 2. The van der Waals surface area contributed by atoms with Crippen molar-refractivity contribution in [1.29, 1.82) is 5.26 Å². The molecule has 1 rings (SSSR count). The van der Waals surface area contributed by atoms with E-state index in [-0.39, 0.29) is 19.4 Å². The van der Waals surface area contributed by atoms with Crippen molar-refractivity contribution in [2.24, 2.45) is 0 Å². The van der Waals surface area contributed by atoms with Crippen LogP contribution in [0.25, 0.3) is 0 Å². The molecule has 0 heterocycles. The Bertz CT molecular complexity index is 482. The van der Waals surface area contributed by atoms with Gasteiger partial charge in [0.25, 0.3) is 0 Å². The molecule has 6 nitrogen and oxygen atoms in total. The molecule has 6 heteroatoms. The van der Waals surface area contributed by atoms with Crippen molar-refractivity contribution in [3.05, 3.63) is 35.9 Å². The van der Waals surface area contributed by atoms with Crippen LogP contribution in [0.4, 0.5) is 4.79 Å². The van der Waals surface area contributed by atoms with Crippen LogP contribution in [-0.4, -0.2) is 23.2 Å². The van der Waals surface area contributed by atoms with Crippen molar-refractivity contribution in [2.45, 2.75) is 31.9 Å². The number of benzene rings is 1. The molecule has 2 N–H and O–H groups in total. The Morgan fingerprint density at radius 3 is 2.65 bits per heavy atom. The molecule has 0 spiro atoms. The number of rotatable bonds is 7. The maximum Gasteiger partial charge on any atom is 0.408 e. The number of carboxylic acid groups (broad SMARTS) is 1. The van der Waals surface area contributed by atoms with E-state index >= 15 is 0 Å². The van der Waals surface area contributed by atoms with Gasteiger partial charge in [0.15, 0.2) is 0 Å². The third kappa shape index (κ3) is 5.87. The Kier molecular flexibility index (Phi) is 6.62. The van der Waals surface area contributed by atoms with Gasteiger partial charge in [-0.3, -0.25) is 0 Å². The van der Waals surface area contributed by atoms with Gasteiger partial charge in [-0.15, -0.1) is 0 Å². The van der Waals surface area contributed by atoms with E-state index in [1.165, 1.54) is 0 Å². The SMILES string of the molecule is N#CCCC[C@H](NC(=O)OCc1ccccc1)C(=O)O. The maximum absolute atomic E-state index is 11.5. The summed E-state index contributed by atoms with van der Waals surface area (Å²) in [6.45, 7) is 0.0806. The van der Waals surface area contributed by atoms with Gasteiger partial charge in [-0.05, 0) is 18.4 Å². The van der Waals surface area contributed by atoms with E-state index in [4.69, 9.17) is 15.1 Å². The molecule has 0 radical (unpaired) electrons. The minimum atomic E-state index is -1.14. The smallest absolute Gasteiger partial charge is 0.408 e. The first kappa shape index (κ1) is 15.5. The van der Waals surface area contributed by atoms with Gasteiger partial charge in [0, 0.05) is 6.42 Å². The van der Waals surface area contributed by atoms with Crippen molar-refractivity contribution >= 4 is 12.1 Å². The summed E-state index contributed by atoms with van der Waals surface area (Å²) >= 11 is 0. The number of nitrogens with one attached hydrogen (secondary N) is 1. The van der Waals surface area contributed by atoms with Crippen molar-refractivity contribution < 1.29 is 19.4 Å². The maximum atomic E-state index is 11.5. The van der Waals surface area contributed by atoms with Crippen molar-refractivity contribution in [2.75, 3.05) is 0 Å². The Labute approximate surface area is 117 Å². The lowest BCUT2D eigenvalue weighted by Crippen LogP contribution is -2.40. The molecule has 20 heavy (non-hydrogen) atoms. The number of amides is 1. The number of hydrogen-bond donors (Lipinski definition) is 2. The summed E-state index contributed by atoms with van der Waals surface area (Å²) in [5.74, 6) is -1.14. The summed E-state index contributed by atoms with van der Waals surface area (Å²) in [6.07, 6.45) is 0.0820. The second kappa shape index (κ2) is 8.53. The Morgan fingerprint density at radius 1 is 1.35 bits per heavy atom. The van der Waals surface area contributed by atoms with Gasteiger partial charge < -0.3 is 15.2 Å². The molecule has 0 fully saturated rings. The lowest BCUT2D eigenvalue weighted by molar-refractivity contribution is -0.139. The Hall–Kier alpha value is -2.55. The van der Waals surface area contributed by atoms with Crippen LogP contribution < -0.4 is 5.32 Å². The zero-order valence-corrected chi connectivity index (χ0v) is 10.9. The molecule has 1 aromatic carbocycles.